The maximum absolute atomic E-state index is 11.8. The SMILES string of the molecule is COCCCNC(=O)c1nnc(Cc2ccc(Cl)cc2)o1. The molecule has 1 N–H and O–H groups in total. The molecule has 0 unspecified atom stereocenters. The Bertz CT molecular complexity index is 583. The molecule has 0 radical (unpaired) electrons. The number of aromatic nitrogens is 2. The summed E-state index contributed by atoms with van der Waals surface area (Å²) in [6, 6.07) is 7.32. The fourth-order valence-electron chi connectivity index (χ4n) is 1.69. The first kappa shape index (κ1) is 15.5. The molecule has 6 nitrogen and oxygen atoms in total. The van der Waals surface area contributed by atoms with E-state index < -0.39 is 0 Å². The van der Waals surface area contributed by atoms with E-state index in [0.717, 1.165) is 12.0 Å². The third-order valence-corrected chi connectivity index (χ3v) is 2.99. The predicted octanol–water partition coefficient (Wildman–Crippen LogP) is 2.08. The number of hydrogen-bond acceptors (Lipinski definition) is 5. The Morgan fingerprint density at radius 1 is 1.33 bits per heavy atom. The molecule has 0 aliphatic heterocycles. The summed E-state index contributed by atoms with van der Waals surface area (Å²) in [5.41, 5.74) is 0.982. The van der Waals surface area contributed by atoms with Crippen LogP contribution in [0.4, 0.5) is 0 Å². The maximum Gasteiger partial charge on any atom is 0.308 e. The van der Waals surface area contributed by atoms with Gasteiger partial charge < -0.3 is 14.5 Å². The summed E-state index contributed by atoms with van der Waals surface area (Å²) in [6.07, 6.45) is 1.19. The number of hydrogen-bond donors (Lipinski definition) is 1. The van der Waals surface area contributed by atoms with E-state index >= 15 is 0 Å². The molecule has 0 spiro atoms. The summed E-state index contributed by atoms with van der Waals surface area (Å²) in [5, 5.41) is 11.0. The molecule has 0 aliphatic carbocycles. The third kappa shape index (κ3) is 4.84. The quantitative estimate of drug-likeness (QED) is 0.792. The van der Waals surface area contributed by atoms with Gasteiger partial charge in [-0.3, -0.25) is 4.79 Å². The monoisotopic (exact) mass is 309 g/mol. The predicted molar refractivity (Wildman–Crippen MR) is 77.4 cm³/mol. The van der Waals surface area contributed by atoms with Crippen molar-refractivity contribution in [2.24, 2.45) is 0 Å². The summed E-state index contributed by atoms with van der Waals surface area (Å²) in [5.74, 6) is -0.0169. The van der Waals surface area contributed by atoms with Crippen LogP contribution in [0.25, 0.3) is 0 Å². The molecule has 1 heterocycles. The van der Waals surface area contributed by atoms with Crippen LogP contribution < -0.4 is 5.32 Å². The van der Waals surface area contributed by atoms with E-state index in [2.05, 4.69) is 15.5 Å². The molecule has 2 aromatic rings. The Labute approximate surface area is 127 Å². The smallest absolute Gasteiger partial charge is 0.308 e. The highest BCUT2D eigenvalue weighted by atomic mass is 35.5. The molecule has 112 valence electrons. The highest BCUT2D eigenvalue weighted by Crippen LogP contribution is 2.13. The molecule has 0 saturated carbocycles. The van der Waals surface area contributed by atoms with Gasteiger partial charge in [0.15, 0.2) is 0 Å². The van der Waals surface area contributed by atoms with E-state index in [0.29, 0.717) is 30.5 Å². The molecule has 2 rings (SSSR count). The Kier molecular flexibility index (Phi) is 5.71. The zero-order valence-electron chi connectivity index (χ0n) is 11.6. The van der Waals surface area contributed by atoms with Crippen molar-refractivity contribution in [1.29, 1.82) is 0 Å². The molecule has 0 atom stereocenters. The summed E-state index contributed by atoms with van der Waals surface area (Å²) in [7, 11) is 1.61. The summed E-state index contributed by atoms with van der Waals surface area (Å²) in [6.45, 7) is 1.09. The fraction of sp³-hybridized carbons (Fsp3) is 0.357. The molecular weight excluding hydrogens is 294 g/mol. The van der Waals surface area contributed by atoms with Crippen LogP contribution in [-0.4, -0.2) is 36.4 Å². The van der Waals surface area contributed by atoms with Gasteiger partial charge in [0, 0.05) is 25.3 Å². The number of carbonyl (C=O) groups excluding carboxylic acids is 1. The number of nitrogens with one attached hydrogen (secondary N) is 1. The number of halogens is 1. The van der Waals surface area contributed by atoms with Crippen molar-refractivity contribution in [2.75, 3.05) is 20.3 Å². The molecule has 1 aromatic carbocycles. The van der Waals surface area contributed by atoms with E-state index in [-0.39, 0.29) is 11.8 Å². The van der Waals surface area contributed by atoms with Crippen molar-refractivity contribution in [3.8, 4) is 0 Å². The second kappa shape index (κ2) is 7.75. The minimum absolute atomic E-state index is 0.0311. The molecule has 21 heavy (non-hydrogen) atoms. The Hall–Kier alpha value is -1.92. The van der Waals surface area contributed by atoms with Crippen LogP contribution in [0.5, 0.6) is 0 Å². The van der Waals surface area contributed by atoms with Gasteiger partial charge in [-0.1, -0.05) is 23.7 Å². The lowest BCUT2D eigenvalue weighted by molar-refractivity contribution is 0.0912. The van der Waals surface area contributed by atoms with Gasteiger partial charge in [-0.05, 0) is 24.1 Å². The van der Waals surface area contributed by atoms with Crippen molar-refractivity contribution in [2.45, 2.75) is 12.8 Å². The van der Waals surface area contributed by atoms with E-state index in [4.69, 9.17) is 20.8 Å². The van der Waals surface area contributed by atoms with Gasteiger partial charge in [0.2, 0.25) is 5.89 Å². The van der Waals surface area contributed by atoms with Crippen LogP contribution in [0.3, 0.4) is 0 Å². The number of carbonyl (C=O) groups is 1. The van der Waals surface area contributed by atoms with Gasteiger partial charge in [0.25, 0.3) is 0 Å². The number of nitrogens with zero attached hydrogens (tertiary/aromatic N) is 2. The van der Waals surface area contributed by atoms with Crippen molar-refractivity contribution in [3.63, 3.8) is 0 Å². The summed E-state index contributed by atoms with van der Waals surface area (Å²) < 4.78 is 10.2. The molecule has 1 aromatic heterocycles. The van der Waals surface area contributed by atoms with E-state index in [1.54, 1.807) is 19.2 Å². The Morgan fingerprint density at radius 2 is 2.10 bits per heavy atom. The second-order valence-electron chi connectivity index (χ2n) is 4.41. The first-order valence-corrected chi connectivity index (χ1v) is 6.91. The van der Waals surface area contributed by atoms with E-state index in [1.807, 2.05) is 12.1 Å². The molecule has 0 aliphatic rings. The van der Waals surface area contributed by atoms with Crippen LogP contribution in [0.15, 0.2) is 28.7 Å². The van der Waals surface area contributed by atoms with Crippen LogP contribution in [0.1, 0.15) is 28.6 Å². The standard InChI is InChI=1S/C14H16ClN3O3/c1-20-8-2-7-16-13(19)14-18-17-12(21-14)9-10-3-5-11(15)6-4-10/h3-6H,2,7-9H2,1H3,(H,16,19). The molecule has 7 heteroatoms. The molecule has 0 saturated heterocycles. The lowest BCUT2D eigenvalue weighted by Crippen LogP contribution is -2.25. The van der Waals surface area contributed by atoms with Crippen molar-refractivity contribution in [1.82, 2.24) is 15.5 Å². The number of rotatable bonds is 7. The van der Waals surface area contributed by atoms with Crippen LogP contribution in [0, 0.1) is 0 Å². The average Bonchev–Trinajstić information content (AvgIpc) is 2.94. The van der Waals surface area contributed by atoms with E-state index in [9.17, 15) is 4.79 Å². The first-order chi connectivity index (χ1) is 10.2. The van der Waals surface area contributed by atoms with Gasteiger partial charge in [-0.25, -0.2) is 0 Å². The first-order valence-electron chi connectivity index (χ1n) is 6.53. The molecule has 0 fully saturated rings. The van der Waals surface area contributed by atoms with Gasteiger partial charge in [-0.15, -0.1) is 10.2 Å². The molecule has 0 bridgehead atoms. The average molecular weight is 310 g/mol. The van der Waals surface area contributed by atoms with Gasteiger partial charge in [-0.2, -0.15) is 0 Å². The lowest BCUT2D eigenvalue weighted by atomic mass is 10.1. The topological polar surface area (TPSA) is 77.2 Å². The second-order valence-corrected chi connectivity index (χ2v) is 4.84. The van der Waals surface area contributed by atoms with Gasteiger partial charge in [0.1, 0.15) is 0 Å². The van der Waals surface area contributed by atoms with Gasteiger partial charge in [0.05, 0.1) is 6.42 Å². The number of ether oxygens (including phenoxy) is 1. The van der Waals surface area contributed by atoms with Crippen LogP contribution in [-0.2, 0) is 11.2 Å². The Balaban J connectivity index is 1.88. The zero-order valence-corrected chi connectivity index (χ0v) is 12.4. The fourth-order valence-corrected chi connectivity index (χ4v) is 1.81. The molecular formula is C14H16ClN3O3. The third-order valence-electron chi connectivity index (χ3n) is 2.74. The van der Waals surface area contributed by atoms with Crippen LogP contribution >= 0.6 is 11.6 Å². The van der Waals surface area contributed by atoms with Crippen LogP contribution in [0.2, 0.25) is 5.02 Å². The van der Waals surface area contributed by atoms with Crippen molar-refractivity contribution in [3.05, 3.63) is 46.6 Å². The Morgan fingerprint density at radius 3 is 2.81 bits per heavy atom. The minimum Gasteiger partial charge on any atom is -0.417 e. The van der Waals surface area contributed by atoms with Gasteiger partial charge >= 0.3 is 11.8 Å². The number of benzene rings is 1. The lowest BCUT2D eigenvalue weighted by Gasteiger charge is -2.00. The number of amides is 1. The normalized spacial score (nSPS) is 10.6. The zero-order chi connectivity index (χ0) is 15.1. The highest BCUT2D eigenvalue weighted by molar-refractivity contribution is 6.30. The summed E-state index contributed by atoms with van der Waals surface area (Å²) >= 11 is 5.82. The molecule has 1 amide bonds. The maximum atomic E-state index is 11.8. The minimum atomic E-state index is -0.374. The van der Waals surface area contributed by atoms with Crippen molar-refractivity contribution < 1.29 is 13.9 Å². The van der Waals surface area contributed by atoms with Crippen molar-refractivity contribution >= 4 is 17.5 Å². The highest BCUT2D eigenvalue weighted by Gasteiger charge is 2.14. The largest absolute Gasteiger partial charge is 0.417 e. The summed E-state index contributed by atoms with van der Waals surface area (Å²) in [4.78, 5) is 11.8. The van der Waals surface area contributed by atoms with E-state index in [1.165, 1.54) is 0 Å². The number of methoxy groups -OCH3 is 1.